The molecule has 0 radical (unpaired) electrons. The van der Waals surface area contributed by atoms with Gasteiger partial charge in [0.15, 0.2) is 5.78 Å². The Morgan fingerprint density at radius 2 is 1.94 bits per heavy atom. The number of nitrogens with zero attached hydrogens (tertiary/aromatic N) is 2. The molecule has 1 atom stereocenters. The molecule has 2 aromatic carbocycles. The van der Waals surface area contributed by atoms with Crippen molar-refractivity contribution in [3.05, 3.63) is 83.7 Å². The number of carbonyl (C=O) groups is 1. The molecular formula is C24H28ClFN2O3. The fraction of sp³-hybridized carbons (Fsp3) is 0.333. The molecule has 3 aromatic rings. The van der Waals surface area contributed by atoms with E-state index >= 15 is 0 Å². The Bertz CT molecular complexity index is 976. The maximum absolute atomic E-state index is 13.8. The van der Waals surface area contributed by atoms with Gasteiger partial charge in [-0.3, -0.25) is 4.79 Å². The molecule has 1 aromatic heterocycles. The zero-order chi connectivity index (χ0) is 21.5. The monoisotopic (exact) mass is 446 g/mol. The van der Waals surface area contributed by atoms with Crippen molar-refractivity contribution < 1.29 is 19.0 Å². The number of Topliss-reactive ketones (excluding diaryl/α,β-unsaturated/α-hetero) is 1. The molecule has 0 aliphatic heterocycles. The number of aliphatic hydroxyl groups excluding tert-OH is 1. The molecule has 5 nitrogen and oxygen atoms in total. The van der Waals surface area contributed by atoms with Crippen LogP contribution in [0.1, 0.15) is 47.9 Å². The van der Waals surface area contributed by atoms with E-state index in [4.69, 9.17) is 4.74 Å². The summed E-state index contributed by atoms with van der Waals surface area (Å²) >= 11 is 0. The van der Waals surface area contributed by atoms with Crippen LogP contribution in [0.4, 0.5) is 4.39 Å². The molecule has 7 heteroatoms. The number of ketones is 1. The topological polar surface area (TPSA) is 64.3 Å². The van der Waals surface area contributed by atoms with Crippen LogP contribution in [0.15, 0.2) is 60.9 Å². The number of hydrogen-bond acceptors (Lipinski definition) is 4. The van der Waals surface area contributed by atoms with Crippen molar-refractivity contribution in [1.29, 1.82) is 0 Å². The van der Waals surface area contributed by atoms with Crippen molar-refractivity contribution in [1.82, 2.24) is 9.55 Å². The summed E-state index contributed by atoms with van der Waals surface area (Å²) < 4.78 is 21.4. The third-order valence-electron chi connectivity index (χ3n) is 4.83. The Hall–Kier alpha value is -2.70. The van der Waals surface area contributed by atoms with Gasteiger partial charge in [0.1, 0.15) is 30.1 Å². The van der Waals surface area contributed by atoms with E-state index in [1.165, 1.54) is 18.2 Å². The fourth-order valence-electron chi connectivity index (χ4n) is 3.32. The Labute approximate surface area is 188 Å². The van der Waals surface area contributed by atoms with Crippen LogP contribution in [0.5, 0.6) is 5.75 Å². The molecule has 0 fully saturated rings. The average Bonchev–Trinajstić information content (AvgIpc) is 3.20. The van der Waals surface area contributed by atoms with Crippen LogP contribution >= 0.6 is 12.4 Å². The van der Waals surface area contributed by atoms with E-state index in [-0.39, 0.29) is 48.4 Å². The first kappa shape index (κ1) is 24.6. The Balaban J connectivity index is 0.00000341. The lowest BCUT2D eigenvalue weighted by Crippen LogP contribution is -2.25. The van der Waals surface area contributed by atoms with Crippen LogP contribution in [-0.2, 0) is 13.0 Å². The van der Waals surface area contributed by atoms with E-state index in [0.29, 0.717) is 13.0 Å². The lowest BCUT2D eigenvalue weighted by Gasteiger charge is -2.17. The van der Waals surface area contributed by atoms with Crippen molar-refractivity contribution in [3.63, 3.8) is 0 Å². The zero-order valence-corrected chi connectivity index (χ0v) is 18.5. The number of benzene rings is 2. The third-order valence-corrected chi connectivity index (χ3v) is 4.83. The predicted octanol–water partition coefficient (Wildman–Crippen LogP) is 4.82. The predicted molar refractivity (Wildman–Crippen MR) is 121 cm³/mol. The van der Waals surface area contributed by atoms with Crippen LogP contribution in [0, 0.1) is 5.82 Å². The van der Waals surface area contributed by atoms with Gasteiger partial charge in [-0.2, -0.15) is 0 Å². The highest BCUT2D eigenvalue weighted by Crippen LogP contribution is 2.23. The van der Waals surface area contributed by atoms with Gasteiger partial charge in [0.25, 0.3) is 0 Å². The minimum Gasteiger partial charge on any atom is -0.490 e. The summed E-state index contributed by atoms with van der Waals surface area (Å²) in [5.41, 5.74) is 1.24. The molecule has 0 saturated carbocycles. The average molecular weight is 447 g/mol. The molecule has 1 unspecified atom stereocenters. The van der Waals surface area contributed by atoms with Crippen molar-refractivity contribution >= 4 is 18.2 Å². The molecule has 0 saturated heterocycles. The van der Waals surface area contributed by atoms with Gasteiger partial charge >= 0.3 is 0 Å². The number of aromatic nitrogens is 2. The molecule has 0 amide bonds. The number of ether oxygens (including phenoxy) is 1. The summed E-state index contributed by atoms with van der Waals surface area (Å²) in [6.45, 7) is 4.38. The number of carbonyl (C=O) groups excluding carboxylic acids is 1. The lowest BCUT2D eigenvalue weighted by atomic mass is 10.0. The molecule has 31 heavy (non-hydrogen) atoms. The largest absolute Gasteiger partial charge is 0.490 e. The van der Waals surface area contributed by atoms with Gasteiger partial charge in [-0.05, 0) is 30.2 Å². The third kappa shape index (κ3) is 6.91. The lowest BCUT2D eigenvalue weighted by molar-refractivity contribution is 0.0881. The van der Waals surface area contributed by atoms with Gasteiger partial charge in [0, 0.05) is 24.7 Å². The van der Waals surface area contributed by atoms with Crippen molar-refractivity contribution in [2.75, 3.05) is 6.61 Å². The highest BCUT2D eigenvalue weighted by atomic mass is 35.5. The smallest absolute Gasteiger partial charge is 0.167 e. The first-order valence-corrected chi connectivity index (χ1v) is 10.1. The minimum atomic E-state index is -0.797. The van der Waals surface area contributed by atoms with Crippen LogP contribution in [0.3, 0.4) is 0 Å². The number of hydrogen-bond donors (Lipinski definition) is 1. The summed E-state index contributed by atoms with van der Waals surface area (Å²) in [7, 11) is 0. The molecule has 1 N–H and O–H groups in total. The first-order valence-electron chi connectivity index (χ1n) is 10.1. The van der Waals surface area contributed by atoms with Gasteiger partial charge in [-0.1, -0.05) is 44.2 Å². The van der Waals surface area contributed by atoms with Gasteiger partial charge in [0.05, 0.1) is 12.1 Å². The maximum atomic E-state index is 13.8. The van der Waals surface area contributed by atoms with Gasteiger partial charge in [-0.15, -0.1) is 12.4 Å². The number of halogens is 2. The Kier molecular flexibility index (Phi) is 9.21. The zero-order valence-electron chi connectivity index (χ0n) is 17.7. The molecule has 0 aliphatic carbocycles. The van der Waals surface area contributed by atoms with E-state index in [9.17, 15) is 14.3 Å². The van der Waals surface area contributed by atoms with Crippen LogP contribution in [0.25, 0.3) is 0 Å². The van der Waals surface area contributed by atoms with Gasteiger partial charge in [-0.25, -0.2) is 9.37 Å². The summed E-state index contributed by atoms with van der Waals surface area (Å²) in [6.07, 6.45) is 3.53. The molecule has 0 spiro atoms. The molecule has 1 heterocycles. The Morgan fingerprint density at radius 1 is 1.19 bits per heavy atom. The van der Waals surface area contributed by atoms with E-state index in [1.54, 1.807) is 6.20 Å². The van der Waals surface area contributed by atoms with Gasteiger partial charge in [0.2, 0.25) is 0 Å². The standard InChI is InChI=1S/C24H27FN2O3.ClH/c1-17(2)24-26-12-13-27(24)15-20(28)16-30-23-11-9-19(25)14-21(23)22(29)10-8-18-6-4-3-5-7-18;/h3-7,9,11-14,17,20,28H,8,10,15-16H2,1-2H3;1H. The second kappa shape index (κ2) is 11.6. The highest BCUT2D eigenvalue weighted by Gasteiger charge is 2.17. The van der Waals surface area contributed by atoms with E-state index < -0.39 is 11.9 Å². The van der Waals surface area contributed by atoms with Crippen molar-refractivity contribution in [2.24, 2.45) is 0 Å². The van der Waals surface area contributed by atoms with Crippen molar-refractivity contribution in [2.45, 2.75) is 45.3 Å². The molecule has 3 rings (SSSR count). The maximum Gasteiger partial charge on any atom is 0.167 e. The fourth-order valence-corrected chi connectivity index (χ4v) is 3.32. The number of rotatable bonds is 10. The number of aryl methyl sites for hydroxylation is 1. The first-order chi connectivity index (χ1) is 14.4. The molecule has 166 valence electrons. The van der Waals surface area contributed by atoms with E-state index in [1.807, 2.05) is 54.9 Å². The van der Waals surface area contributed by atoms with E-state index in [0.717, 1.165) is 11.4 Å². The SMILES string of the molecule is CC(C)c1nccn1CC(O)COc1ccc(F)cc1C(=O)CCc1ccccc1.Cl. The second-order valence-electron chi connectivity index (χ2n) is 7.61. The van der Waals surface area contributed by atoms with E-state index in [2.05, 4.69) is 4.98 Å². The molecule has 0 bridgehead atoms. The Morgan fingerprint density at radius 3 is 2.65 bits per heavy atom. The number of aliphatic hydroxyl groups is 1. The second-order valence-corrected chi connectivity index (χ2v) is 7.61. The van der Waals surface area contributed by atoms with Crippen molar-refractivity contribution in [3.8, 4) is 5.75 Å². The highest BCUT2D eigenvalue weighted by molar-refractivity contribution is 5.98. The summed E-state index contributed by atoms with van der Waals surface area (Å²) in [5, 5.41) is 10.4. The summed E-state index contributed by atoms with van der Waals surface area (Å²) in [4.78, 5) is 17.0. The summed E-state index contributed by atoms with van der Waals surface area (Å²) in [6, 6.07) is 13.6. The molecule has 0 aliphatic rings. The minimum absolute atomic E-state index is 0. The summed E-state index contributed by atoms with van der Waals surface area (Å²) in [5.74, 6) is 0.709. The van der Waals surface area contributed by atoms with Crippen LogP contribution in [0.2, 0.25) is 0 Å². The van der Waals surface area contributed by atoms with Crippen LogP contribution in [-0.4, -0.2) is 33.2 Å². The quantitative estimate of drug-likeness (QED) is 0.453. The normalized spacial score (nSPS) is 11.8. The van der Waals surface area contributed by atoms with Crippen LogP contribution < -0.4 is 4.74 Å². The van der Waals surface area contributed by atoms with Gasteiger partial charge < -0.3 is 14.4 Å². The molecular weight excluding hydrogens is 419 g/mol. The number of imidazole rings is 1.